The number of benzene rings is 1. The molecule has 82 valence electrons. The highest BCUT2D eigenvalue weighted by Gasteiger charge is 2.07. The van der Waals surface area contributed by atoms with Crippen LogP contribution in [0.1, 0.15) is 30.5 Å². The number of hydrogen-bond donors (Lipinski definition) is 2. The largest absolute Gasteiger partial charge is 0.291 e. The molecule has 0 heterocycles. The molecule has 2 N–H and O–H groups in total. The van der Waals surface area contributed by atoms with E-state index < -0.39 is 0 Å². The van der Waals surface area contributed by atoms with E-state index in [1.54, 1.807) is 0 Å². The van der Waals surface area contributed by atoms with Gasteiger partial charge in [0, 0.05) is 5.56 Å². The van der Waals surface area contributed by atoms with Crippen LogP contribution in [0.3, 0.4) is 0 Å². The van der Waals surface area contributed by atoms with Gasteiger partial charge in [-0.2, -0.15) is 0 Å². The Labute approximate surface area is 91.6 Å². The van der Waals surface area contributed by atoms with Gasteiger partial charge in [-0.25, -0.2) is 0 Å². The number of aryl methyl sites for hydroxylation is 2. The SMILES string of the molecule is Cc1cccc(C)c1/C(=C/C(C)C)NO. The Bertz CT molecular complexity index is 347. The lowest BCUT2D eigenvalue weighted by Crippen LogP contribution is -2.09. The Morgan fingerprint density at radius 3 is 2.20 bits per heavy atom. The lowest BCUT2D eigenvalue weighted by Gasteiger charge is -2.13. The van der Waals surface area contributed by atoms with E-state index in [-0.39, 0.29) is 0 Å². The highest BCUT2D eigenvalue weighted by molar-refractivity contribution is 5.68. The topological polar surface area (TPSA) is 32.3 Å². The third kappa shape index (κ3) is 2.83. The molecule has 0 bridgehead atoms. The maximum absolute atomic E-state index is 9.16. The van der Waals surface area contributed by atoms with E-state index in [0.29, 0.717) is 5.92 Å². The lowest BCUT2D eigenvalue weighted by atomic mass is 9.98. The van der Waals surface area contributed by atoms with E-state index in [2.05, 4.69) is 19.3 Å². The molecule has 0 amide bonds. The van der Waals surface area contributed by atoms with Crippen molar-refractivity contribution in [3.63, 3.8) is 0 Å². The van der Waals surface area contributed by atoms with Crippen molar-refractivity contribution in [2.24, 2.45) is 5.92 Å². The molecule has 0 fully saturated rings. The fourth-order valence-corrected chi connectivity index (χ4v) is 1.75. The number of nitrogens with one attached hydrogen (secondary N) is 1. The van der Waals surface area contributed by atoms with Gasteiger partial charge in [0.05, 0.1) is 5.70 Å². The summed E-state index contributed by atoms with van der Waals surface area (Å²) in [7, 11) is 0. The van der Waals surface area contributed by atoms with Gasteiger partial charge in [0.2, 0.25) is 0 Å². The van der Waals surface area contributed by atoms with Crippen molar-refractivity contribution in [3.8, 4) is 0 Å². The zero-order chi connectivity index (χ0) is 11.4. The van der Waals surface area contributed by atoms with Crippen molar-refractivity contribution in [1.29, 1.82) is 0 Å². The van der Waals surface area contributed by atoms with Gasteiger partial charge < -0.3 is 0 Å². The van der Waals surface area contributed by atoms with Gasteiger partial charge in [0.15, 0.2) is 0 Å². The number of rotatable bonds is 3. The lowest BCUT2D eigenvalue weighted by molar-refractivity contribution is 0.224. The zero-order valence-corrected chi connectivity index (χ0v) is 9.83. The molecule has 1 aromatic rings. The summed E-state index contributed by atoms with van der Waals surface area (Å²) in [6.45, 7) is 8.28. The Balaban J connectivity index is 3.24. The van der Waals surface area contributed by atoms with Crippen LogP contribution in [-0.4, -0.2) is 5.21 Å². The van der Waals surface area contributed by atoms with Crippen LogP contribution in [0.2, 0.25) is 0 Å². The van der Waals surface area contributed by atoms with Gasteiger partial charge in [0.1, 0.15) is 0 Å². The molecule has 0 saturated carbocycles. The summed E-state index contributed by atoms with van der Waals surface area (Å²) in [5.41, 5.74) is 6.52. The molecule has 0 aliphatic carbocycles. The fraction of sp³-hybridized carbons (Fsp3) is 0.385. The summed E-state index contributed by atoms with van der Waals surface area (Å²) >= 11 is 0. The summed E-state index contributed by atoms with van der Waals surface area (Å²) in [4.78, 5) is 0. The first-order chi connectivity index (χ1) is 7.06. The molecule has 0 saturated heterocycles. The van der Waals surface area contributed by atoms with Crippen molar-refractivity contribution in [3.05, 3.63) is 41.0 Å². The van der Waals surface area contributed by atoms with Crippen LogP contribution < -0.4 is 5.48 Å². The molecule has 0 spiro atoms. The number of allylic oxidation sites excluding steroid dienone is 1. The minimum absolute atomic E-state index is 0.402. The van der Waals surface area contributed by atoms with Crippen molar-refractivity contribution in [1.82, 2.24) is 5.48 Å². The minimum atomic E-state index is 0.402. The molecule has 2 heteroatoms. The Morgan fingerprint density at radius 1 is 1.27 bits per heavy atom. The van der Waals surface area contributed by atoms with Crippen LogP contribution in [0, 0.1) is 19.8 Å². The van der Waals surface area contributed by atoms with E-state index in [0.717, 1.165) is 11.3 Å². The third-order valence-corrected chi connectivity index (χ3v) is 2.37. The summed E-state index contributed by atoms with van der Waals surface area (Å²) < 4.78 is 0. The predicted octanol–water partition coefficient (Wildman–Crippen LogP) is 3.28. The number of hydroxylamine groups is 1. The van der Waals surface area contributed by atoms with Crippen LogP contribution >= 0.6 is 0 Å². The Morgan fingerprint density at radius 2 is 1.80 bits per heavy atom. The normalized spacial score (nSPS) is 12.0. The number of hydrogen-bond acceptors (Lipinski definition) is 2. The first kappa shape index (κ1) is 11.8. The monoisotopic (exact) mass is 205 g/mol. The maximum atomic E-state index is 9.16. The van der Waals surface area contributed by atoms with E-state index in [1.807, 2.05) is 38.1 Å². The van der Waals surface area contributed by atoms with Gasteiger partial charge in [0.25, 0.3) is 0 Å². The van der Waals surface area contributed by atoms with Crippen molar-refractivity contribution in [2.45, 2.75) is 27.7 Å². The standard InChI is InChI=1S/C13H19NO/c1-9(2)8-12(14-15)13-10(3)6-5-7-11(13)4/h5-9,14-15H,1-4H3/b12-8-. The van der Waals surface area contributed by atoms with Crippen LogP contribution in [-0.2, 0) is 0 Å². The summed E-state index contributed by atoms with van der Waals surface area (Å²) in [6.07, 6.45) is 2.02. The first-order valence-corrected chi connectivity index (χ1v) is 5.24. The molecule has 0 unspecified atom stereocenters. The van der Waals surface area contributed by atoms with Crippen LogP contribution in [0.5, 0.6) is 0 Å². The van der Waals surface area contributed by atoms with Crippen molar-refractivity contribution < 1.29 is 5.21 Å². The Hall–Kier alpha value is -1.28. The molecule has 0 atom stereocenters. The maximum Gasteiger partial charge on any atom is 0.0642 e. The van der Waals surface area contributed by atoms with Gasteiger partial charge in [-0.05, 0) is 30.9 Å². The molecule has 0 radical (unpaired) electrons. The molecule has 0 aliphatic rings. The average molecular weight is 205 g/mol. The second kappa shape index (κ2) is 4.99. The van der Waals surface area contributed by atoms with E-state index in [1.165, 1.54) is 11.1 Å². The molecule has 0 aromatic heterocycles. The van der Waals surface area contributed by atoms with E-state index in [9.17, 15) is 0 Å². The second-order valence-corrected chi connectivity index (χ2v) is 4.20. The van der Waals surface area contributed by atoms with Crippen LogP contribution in [0.25, 0.3) is 5.70 Å². The van der Waals surface area contributed by atoms with Gasteiger partial charge >= 0.3 is 0 Å². The van der Waals surface area contributed by atoms with Gasteiger partial charge in [-0.3, -0.25) is 10.7 Å². The van der Waals surface area contributed by atoms with Crippen molar-refractivity contribution >= 4 is 5.70 Å². The van der Waals surface area contributed by atoms with Crippen LogP contribution in [0.15, 0.2) is 24.3 Å². The quantitative estimate of drug-likeness (QED) is 0.742. The summed E-state index contributed by atoms with van der Waals surface area (Å²) in [5, 5.41) is 9.16. The Kier molecular flexibility index (Phi) is 3.92. The summed E-state index contributed by atoms with van der Waals surface area (Å²) in [5.74, 6) is 0.402. The highest BCUT2D eigenvalue weighted by atomic mass is 16.5. The predicted molar refractivity (Wildman–Crippen MR) is 63.7 cm³/mol. The third-order valence-electron chi connectivity index (χ3n) is 2.37. The molecule has 1 rings (SSSR count). The zero-order valence-electron chi connectivity index (χ0n) is 9.83. The molecule has 15 heavy (non-hydrogen) atoms. The molecule has 2 nitrogen and oxygen atoms in total. The van der Waals surface area contributed by atoms with E-state index >= 15 is 0 Å². The molecule has 1 aromatic carbocycles. The smallest absolute Gasteiger partial charge is 0.0642 e. The van der Waals surface area contributed by atoms with Crippen LogP contribution in [0.4, 0.5) is 0 Å². The first-order valence-electron chi connectivity index (χ1n) is 5.24. The van der Waals surface area contributed by atoms with E-state index in [4.69, 9.17) is 5.21 Å². The van der Waals surface area contributed by atoms with Gasteiger partial charge in [-0.1, -0.05) is 38.1 Å². The van der Waals surface area contributed by atoms with Gasteiger partial charge in [-0.15, -0.1) is 0 Å². The second-order valence-electron chi connectivity index (χ2n) is 4.20. The van der Waals surface area contributed by atoms with Crippen molar-refractivity contribution in [2.75, 3.05) is 0 Å². The highest BCUT2D eigenvalue weighted by Crippen LogP contribution is 2.21. The fourth-order valence-electron chi connectivity index (χ4n) is 1.75. The molecular weight excluding hydrogens is 186 g/mol. The minimum Gasteiger partial charge on any atom is -0.291 e. The molecular formula is C13H19NO. The average Bonchev–Trinajstić information content (AvgIpc) is 2.15. The molecule has 0 aliphatic heterocycles. The summed E-state index contributed by atoms with van der Waals surface area (Å²) in [6, 6.07) is 6.13.